The number of hydrogen-bond donors (Lipinski definition) is 1. The number of benzene rings is 1. The van der Waals surface area contributed by atoms with E-state index in [9.17, 15) is 4.39 Å². The molecule has 0 amide bonds. The first-order valence-corrected chi connectivity index (χ1v) is 4.73. The average molecular weight is 179 g/mol. The van der Waals surface area contributed by atoms with Gasteiger partial charge in [0.1, 0.15) is 5.82 Å². The zero-order valence-corrected chi connectivity index (χ0v) is 7.81. The molecule has 1 aromatic rings. The highest BCUT2D eigenvalue weighted by Gasteiger charge is 2.21. The lowest BCUT2D eigenvalue weighted by atomic mass is 9.85. The number of nitrogens with two attached hydrogens (primary N) is 1. The fraction of sp³-hybridized carbons (Fsp3) is 0.455. The van der Waals surface area contributed by atoms with E-state index >= 15 is 0 Å². The Balaban J connectivity index is 2.60. The molecular formula is C11H14FN. The summed E-state index contributed by atoms with van der Waals surface area (Å²) in [5, 5.41) is 0. The first-order chi connectivity index (χ1) is 6.20. The molecule has 0 fully saturated rings. The van der Waals surface area contributed by atoms with Gasteiger partial charge in [0, 0.05) is 11.6 Å². The Morgan fingerprint density at radius 1 is 1.46 bits per heavy atom. The van der Waals surface area contributed by atoms with Crippen molar-refractivity contribution in [2.45, 2.75) is 32.2 Å². The molecule has 0 unspecified atom stereocenters. The van der Waals surface area contributed by atoms with E-state index in [1.165, 1.54) is 11.6 Å². The Kier molecular flexibility index (Phi) is 2.08. The molecule has 1 aromatic carbocycles. The minimum absolute atomic E-state index is 0.0938. The molecule has 1 atom stereocenters. The first-order valence-electron chi connectivity index (χ1n) is 4.73. The predicted octanol–water partition coefficient (Wildman–Crippen LogP) is 2.47. The van der Waals surface area contributed by atoms with Crippen LogP contribution in [-0.2, 0) is 6.42 Å². The lowest BCUT2D eigenvalue weighted by Gasteiger charge is -2.24. The molecule has 1 aliphatic rings. The number of rotatable bonds is 0. The zero-order valence-electron chi connectivity index (χ0n) is 7.81. The minimum Gasteiger partial charge on any atom is -0.324 e. The SMILES string of the molecule is Cc1ccc(F)c2c1CCC[C@@H]2N. The average Bonchev–Trinajstić information content (AvgIpc) is 2.12. The Bertz CT molecular complexity index is 333. The van der Waals surface area contributed by atoms with Crippen LogP contribution in [0, 0.1) is 12.7 Å². The highest BCUT2D eigenvalue weighted by atomic mass is 19.1. The third-order valence-electron chi connectivity index (χ3n) is 2.85. The molecule has 2 N–H and O–H groups in total. The van der Waals surface area contributed by atoms with Crippen LogP contribution >= 0.6 is 0 Å². The lowest BCUT2D eigenvalue weighted by Crippen LogP contribution is -2.19. The van der Waals surface area contributed by atoms with Crippen LogP contribution in [0.4, 0.5) is 4.39 Å². The van der Waals surface area contributed by atoms with Gasteiger partial charge in [-0.15, -0.1) is 0 Å². The molecule has 0 aromatic heterocycles. The molecule has 0 radical (unpaired) electrons. The van der Waals surface area contributed by atoms with Crippen molar-refractivity contribution in [3.63, 3.8) is 0 Å². The van der Waals surface area contributed by atoms with Crippen molar-refractivity contribution in [1.82, 2.24) is 0 Å². The van der Waals surface area contributed by atoms with Gasteiger partial charge in [-0.3, -0.25) is 0 Å². The highest BCUT2D eigenvalue weighted by Crippen LogP contribution is 2.31. The first kappa shape index (κ1) is 8.70. The molecule has 1 aliphatic carbocycles. The van der Waals surface area contributed by atoms with Gasteiger partial charge in [-0.2, -0.15) is 0 Å². The van der Waals surface area contributed by atoms with Gasteiger partial charge in [-0.25, -0.2) is 4.39 Å². The molecule has 0 bridgehead atoms. The van der Waals surface area contributed by atoms with E-state index in [0.717, 1.165) is 30.4 Å². The van der Waals surface area contributed by atoms with Crippen molar-refractivity contribution in [2.75, 3.05) is 0 Å². The Labute approximate surface area is 77.8 Å². The van der Waals surface area contributed by atoms with Crippen molar-refractivity contribution >= 4 is 0 Å². The van der Waals surface area contributed by atoms with Gasteiger partial charge in [0.25, 0.3) is 0 Å². The van der Waals surface area contributed by atoms with E-state index in [0.29, 0.717) is 0 Å². The van der Waals surface area contributed by atoms with Crippen LogP contribution in [0.1, 0.15) is 35.6 Å². The molecule has 2 heteroatoms. The minimum atomic E-state index is -0.132. The molecular weight excluding hydrogens is 165 g/mol. The topological polar surface area (TPSA) is 26.0 Å². The molecule has 2 rings (SSSR count). The summed E-state index contributed by atoms with van der Waals surface area (Å²) in [6.07, 6.45) is 2.97. The summed E-state index contributed by atoms with van der Waals surface area (Å²) in [7, 11) is 0. The highest BCUT2D eigenvalue weighted by molar-refractivity contribution is 5.39. The fourth-order valence-electron chi connectivity index (χ4n) is 2.12. The molecule has 70 valence electrons. The van der Waals surface area contributed by atoms with Gasteiger partial charge in [-0.1, -0.05) is 6.07 Å². The van der Waals surface area contributed by atoms with E-state index in [2.05, 4.69) is 0 Å². The second-order valence-corrected chi connectivity index (χ2v) is 3.76. The molecule has 0 aliphatic heterocycles. The molecule has 0 spiro atoms. The quantitative estimate of drug-likeness (QED) is 0.650. The van der Waals surface area contributed by atoms with Crippen molar-refractivity contribution in [3.05, 3.63) is 34.6 Å². The van der Waals surface area contributed by atoms with Crippen molar-refractivity contribution in [2.24, 2.45) is 5.73 Å². The van der Waals surface area contributed by atoms with Crippen LogP contribution in [0.3, 0.4) is 0 Å². The maximum absolute atomic E-state index is 13.4. The number of aryl methyl sites for hydroxylation is 1. The van der Waals surface area contributed by atoms with Crippen molar-refractivity contribution < 1.29 is 4.39 Å². The summed E-state index contributed by atoms with van der Waals surface area (Å²) in [6.45, 7) is 2.02. The second kappa shape index (κ2) is 3.11. The van der Waals surface area contributed by atoms with Gasteiger partial charge in [0.2, 0.25) is 0 Å². The smallest absolute Gasteiger partial charge is 0.128 e. The van der Waals surface area contributed by atoms with E-state index in [4.69, 9.17) is 5.73 Å². The summed E-state index contributed by atoms with van der Waals surface area (Å²) in [6, 6.07) is 3.27. The Morgan fingerprint density at radius 3 is 2.92 bits per heavy atom. The second-order valence-electron chi connectivity index (χ2n) is 3.76. The standard InChI is InChI=1S/C11H14FN/c1-7-5-6-9(12)11-8(7)3-2-4-10(11)13/h5-6,10H,2-4,13H2,1H3/t10-/m0/s1. The molecule has 0 saturated carbocycles. The molecule has 13 heavy (non-hydrogen) atoms. The van der Waals surface area contributed by atoms with Crippen LogP contribution in [0.2, 0.25) is 0 Å². The third kappa shape index (κ3) is 1.35. The maximum atomic E-state index is 13.4. The lowest BCUT2D eigenvalue weighted by molar-refractivity contribution is 0.517. The summed E-state index contributed by atoms with van der Waals surface area (Å²) in [4.78, 5) is 0. The number of fused-ring (bicyclic) bond motifs is 1. The van der Waals surface area contributed by atoms with Gasteiger partial charge in [-0.05, 0) is 43.4 Å². The number of halogens is 1. The summed E-state index contributed by atoms with van der Waals surface area (Å²) in [5.41, 5.74) is 8.94. The van der Waals surface area contributed by atoms with Crippen LogP contribution < -0.4 is 5.73 Å². The summed E-state index contributed by atoms with van der Waals surface area (Å²) < 4.78 is 13.4. The third-order valence-corrected chi connectivity index (χ3v) is 2.85. The fourth-order valence-corrected chi connectivity index (χ4v) is 2.12. The van der Waals surface area contributed by atoms with E-state index in [1.807, 2.05) is 13.0 Å². The van der Waals surface area contributed by atoms with Crippen LogP contribution in [-0.4, -0.2) is 0 Å². The Morgan fingerprint density at radius 2 is 2.23 bits per heavy atom. The maximum Gasteiger partial charge on any atom is 0.128 e. The molecule has 1 nitrogen and oxygen atoms in total. The number of hydrogen-bond acceptors (Lipinski definition) is 1. The molecule has 0 heterocycles. The van der Waals surface area contributed by atoms with Gasteiger partial charge >= 0.3 is 0 Å². The van der Waals surface area contributed by atoms with E-state index in [-0.39, 0.29) is 11.9 Å². The Hall–Kier alpha value is -0.890. The van der Waals surface area contributed by atoms with Crippen LogP contribution in [0.25, 0.3) is 0 Å². The van der Waals surface area contributed by atoms with Crippen molar-refractivity contribution in [3.8, 4) is 0 Å². The van der Waals surface area contributed by atoms with Gasteiger partial charge in [0.05, 0.1) is 0 Å². The van der Waals surface area contributed by atoms with Gasteiger partial charge < -0.3 is 5.73 Å². The summed E-state index contributed by atoms with van der Waals surface area (Å²) >= 11 is 0. The predicted molar refractivity (Wildman–Crippen MR) is 51.0 cm³/mol. The zero-order chi connectivity index (χ0) is 9.42. The molecule has 0 saturated heterocycles. The largest absolute Gasteiger partial charge is 0.324 e. The van der Waals surface area contributed by atoms with E-state index < -0.39 is 0 Å². The summed E-state index contributed by atoms with van der Waals surface area (Å²) in [5.74, 6) is -0.132. The normalized spacial score (nSPS) is 21.3. The van der Waals surface area contributed by atoms with Crippen molar-refractivity contribution in [1.29, 1.82) is 0 Å². The van der Waals surface area contributed by atoms with Crippen LogP contribution in [0.5, 0.6) is 0 Å². The van der Waals surface area contributed by atoms with Crippen LogP contribution in [0.15, 0.2) is 12.1 Å². The van der Waals surface area contributed by atoms with Gasteiger partial charge in [0.15, 0.2) is 0 Å². The van der Waals surface area contributed by atoms with E-state index in [1.54, 1.807) is 0 Å². The monoisotopic (exact) mass is 179 g/mol.